The third-order valence-corrected chi connectivity index (χ3v) is 5.81. The summed E-state index contributed by atoms with van der Waals surface area (Å²) >= 11 is 1.35. The average Bonchev–Trinajstić information content (AvgIpc) is 3.14. The van der Waals surface area contributed by atoms with Gasteiger partial charge in [0, 0.05) is 18.1 Å². The van der Waals surface area contributed by atoms with Gasteiger partial charge in [-0.05, 0) is 45.4 Å². The molecule has 2 N–H and O–H groups in total. The molecule has 8 heteroatoms. The Bertz CT molecular complexity index is 1040. The van der Waals surface area contributed by atoms with E-state index in [-0.39, 0.29) is 12.0 Å². The second-order valence-electron chi connectivity index (χ2n) is 6.74. The van der Waals surface area contributed by atoms with Crippen molar-refractivity contribution in [2.45, 2.75) is 40.3 Å². The molecule has 0 radical (unpaired) electrons. The molecular weight excluding hydrogens is 398 g/mol. The van der Waals surface area contributed by atoms with Crippen molar-refractivity contribution in [3.63, 3.8) is 0 Å². The van der Waals surface area contributed by atoms with Gasteiger partial charge in [0.25, 0.3) is 0 Å². The molecule has 0 aliphatic rings. The van der Waals surface area contributed by atoms with Crippen molar-refractivity contribution in [1.82, 2.24) is 20.6 Å². The molecule has 3 aromatic rings. The number of thiazole rings is 1. The van der Waals surface area contributed by atoms with Crippen molar-refractivity contribution in [3.05, 3.63) is 57.7 Å². The van der Waals surface area contributed by atoms with Gasteiger partial charge in [-0.3, -0.25) is 4.98 Å². The van der Waals surface area contributed by atoms with Gasteiger partial charge in [0.05, 0.1) is 30.4 Å². The Kier molecular flexibility index (Phi) is 7.35. The Hall–Kier alpha value is -3.00. The van der Waals surface area contributed by atoms with Crippen LogP contribution in [0.4, 0.5) is 0 Å². The van der Waals surface area contributed by atoms with E-state index in [2.05, 4.69) is 26.7 Å². The van der Waals surface area contributed by atoms with Gasteiger partial charge >= 0.3 is 5.97 Å². The molecule has 1 unspecified atom stereocenters. The van der Waals surface area contributed by atoms with Gasteiger partial charge in [0.2, 0.25) is 0 Å². The first kappa shape index (κ1) is 21.7. The van der Waals surface area contributed by atoms with E-state index >= 15 is 0 Å². The van der Waals surface area contributed by atoms with E-state index in [1.807, 2.05) is 51.2 Å². The Morgan fingerprint density at radius 2 is 2.07 bits per heavy atom. The molecule has 30 heavy (non-hydrogen) atoms. The zero-order valence-electron chi connectivity index (χ0n) is 17.7. The number of rotatable bonds is 7. The minimum Gasteiger partial charge on any atom is -0.462 e. The Morgan fingerprint density at radius 3 is 2.83 bits per heavy atom. The number of aromatic nitrogens is 2. The molecule has 158 valence electrons. The van der Waals surface area contributed by atoms with Crippen LogP contribution in [0, 0.1) is 6.92 Å². The van der Waals surface area contributed by atoms with Crippen molar-refractivity contribution < 1.29 is 9.53 Å². The molecule has 7 nitrogen and oxygen atoms in total. The van der Waals surface area contributed by atoms with Crippen LogP contribution < -0.4 is 10.6 Å². The van der Waals surface area contributed by atoms with Gasteiger partial charge in [-0.25, -0.2) is 14.8 Å². The van der Waals surface area contributed by atoms with Gasteiger partial charge < -0.3 is 15.4 Å². The number of hydrogen-bond donors (Lipinski definition) is 2. The maximum absolute atomic E-state index is 12.1. The minimum atomic E-state index is -0.323. The number of guanidine groups is 1. The summed E-state index contributed by atoms with van der Waals surface area (Å²) in [6, 6.07) is 9.94. The molecule has 0 aliphatic carbocycles. The standard InChI is InChI=1S/C22H27N5O2S/c1-5-23-22(25-13-16-11-12-24-18-10-8-7-9-17(16)18)27-15(4)20-26-14(3)19(30-20)21(28)29-6-2/h7-12,15H,5-6,13H2,1-4H3,(H2,23,25,27). The summed E-state index contributed by atoms with van der Waals surface area (Å²) < 4.78 is 5.11. The average molecular weight is 426 g/mol. The molecule has 0 aliphatic heterocycles. The first-order valence-electron chi connectivity index (χ1n) is 10.0. The van der Waals surface area contributed by atoms with E-state index in [9.17, 15) is 4.79 Å². The summed E-state index contributed by atoms with van der Waals surface area (Å²) in [5.41, 5.74) is 2.76. The van der Waals surface area contributed by atoms with E-state index in [0.29, 0.717) is 29.7 Å². The highest BCUT2D eigenvalue weighted by Crippen LogP contribution is 2.24. The smallest absolute Gasteiger partial charge is 0.350 e. The molecule has 0 saturated carbocycles. The topological polar surface area (TPSA) is 88.5 Å². The molecule has 2 aromatic heterocycles. The minimum absolute atomic E-state index is 0.108. The van der Waals surface area contributed by atoms with Crippen LogP contribution in [0.25, 0.3) is 10.9 Å². The molecule has 1 atom stereocenters. The first-order chi connectivity index (χ1) is 14.5. The zero-order chi connectivity index (χ0) is 21.5. The maximum Gasteiger partial charge on any atom is 0.350 e. The fourth-order valence-corrected chi connectivity index (χ4v) is 4.00. The fraction of sp³-hybridized carbons (Fsp3) is 0.364. The second kappa shape index (κ2) is 10.2. The number of aliphatic imine (C=N–C) groups is 1. The number of benzene rings is 1. The summed E-state index contributed by atoms with van der Waals surface area (Å²) in [7, 11) is 0. The molecule has 0 saturated heterocycles. The lowest BCUT2D eigenvalue weighted by molar-refractivity contribution is 0.0531. The molecule has 0 amide bonds. The lowest BCUT2D eigenvalue weighted by Gasteiger charge is -2.16. The van der Waals surface area contributed by atoms with Crippen LogP contribution in [0.5, 0.6) is 0 Å². The number of carbonyl (C=O) groups excluding carboxylic acids is 1. The highest BCUT2D eigenvalue weighted by molar-refractivity contribution is 7.13. The maximum atomic E-state index is 12.1. The van der Waals surface area contributed by atoms with E-state index in [1.165, 1.54) is 11.3 Å². The van der Waals surface area contributed by atoms with Crippen molar-refractivity contribution >= 4 is 34.2 Å². The van der Waals surface area contributed by atoms with Crippen LogP contribution in [0.2, 0.25) is 0 Å². The monoisotopic (exact) mass is 425 g/mol. The molecule has 1 aromatic carbocycles. The van der Waals surface area contributed by atoms with Crippen molar-refractivity contribution in [3.8, 4) is 0 Å². The van der Waals surface area contributed by atoms with Gasteiger partial charge in [0.1, 0.15) is 9.88 Å². The van der Waals surface area contributed by atoms with Gasteiger partial charge in [0.15, 0.2) is 5.96 Å². The third-order valence-electron chi connectivity index (χ3n) is 4.49. The molecule has 0 bridgehead atoms. The fourth-order valence-electron chi connectivity index (χ4n) is 3.03. The van der Waals surface area contributed by atoms with Crippen LogP contribution in [0.1, 0.15) is 52.7 Å². The molecular formula is C22H27N5O2S. The Morgan fingerprint density at radius 1 is 1.27 bits per heavy atom. The number of fused-ring (bicyclic) bond motifs is 1. The van der Waals surface area contributed by atoms with Crippen molar-refractivity contribution in [2.75, 3.05) is 13.2 Å². The number of hydrogen-bond acceptors (Lipinski definition) is 6. The number of ether oxygens (including phenoxy) is 1. The van der Waals surface area contributed by atoms with Gasteiger partial charge in [-0.1, -0.05) is 18.2 Å². The Labute approximate surface area is 180 Å². The SMILES string of the molecule is CCNC(=NCc1ccnc2ccccc12)NC(C)c1nc(C)c(C(=O)OCC)s1. The molecule has 0 spiro atoms. The first-order valence-corrected chi connectivity index (χ1v) is 10.9. The van der Waals surface area contributed by atoms with Gasteiger partial charge in [-0.2, -0.15) is 0 Å². The van der Waals surface area contributed by atoms with E-state index in [4.69, 9.17) is 9.73 Å². The molecule has 2 heterocycles. The highest BCUT2D eigenvalue weighted by Gasteiger charge is 2.20. The third kappa shape index (κ3) is 5.13. The number of aryl methyl sites for hydroxylation is 1. The van der Waals surface area contributed by atoms with Crippen LogP contribution in [-0.2, 0) is 11.3 Å². The van der Waals surface area contributed by atoms with Crippen LogP contribution in [0.3, 0.4) is 0 Å². The summed E-state index contributed by atoms with van der Waals surface area (Å²) in [6.07, 6.45) is 1.81. The summed E-state index contributed by atoms with van der Waals surface area (Å²) in [5, 5.41) is 8.57. The van der Waals surface area contributed by atoms with Crippen molar-refractivity contribution in [2.24, 2.45) is 4.99 Å². The lowest BCUT2D eigenvalue weighted by atomic mass is 10.1. The number of nitrogens with one attached hydrogen (secondary N) is 2. The van der Waals surface area contributed by atoms with Crippen LogP contribution in [-0.4, -0.2) is 35.0 Å². The summed E-state index contributed by atoms with van der Waals surface area (Å²) in [5.74, 6) is 0.368. The predicted octanol–water partition coefficient (Wildman–Crippen LogP) is 3.99. The van der Waals surface area contributed by atoms with E-state index in [0.717, 1.165) is 28.0 Å². The quantitative estimate of drug-likeness (QED) is 0.338. The second-order valence-corrected chi connectivity index (χ2v) is 7.77. The zero-order valence-corrected chi connectivity index (χ0v) is 18.5. The Balaban J connectivity index is 1.76. The number of nitrogens with zero attached hydrogens (tertiary/aromatic N) is 3. The summed E-state index contributed by atoms with van der Waals surface area (Å²) in [6.45, 7) is 9.26. The summed E-state index contributed by atoms with van der Waals surface area (Å²) in [4.78, 5) is 26.3. The van der Waals surface area contributed by atoms with Gasteiger partial charge in [-0.15, -0.1) is 11.3 Å². The van der Waals surface area contributed by atoms with Crippen LogP contribution in [0.15, 0.2) is 41.5 Å². The molecule has 3 rings (SSSR count). The number of carbonyl (C=O) groups is 1. The van der Waals surface area contributed by atoms with E-state index < -0.39 is 0 Å². The number of pyridine rings is 1. The normalized spacial score (nSPS) is 12.6. The largest absolute Gasteiger partial charge is 0.462 e. The lowest BCUT2D eigenvalue weighted by Crippen LogP contribution is -2.38. The highest BCUT2D eigenvalue weighted by atomic mass is 32.1. The van der Waals surface area contributed by atoms with Crippen LogP contribution >= 0.6 is 11.3 Å². The van der Waals surface area contributed by atoms with E-state index in [1.54, 1.807) is 6.92 Å². The van der Waals surface area contributed by atoms with Crippen molar-refractivity contribution in [1.29, 1.82) is 0 Å². The predicted molar refractivity (Wildman–Crippen MR) is 121 cm³/mol. The molecule has 0 fully saturated rings. The number of esters is 1. The number of para-hydroxylation sites is 1.